The molecule has 7 aromatic carbocycles. The Bertz CT molecular complexity index is 3120. The van der Waals surface area contributed by atoms with Crippen LogP contribution in [0.4, 0.5) is 0 Å². The minimum Gasteiger partial charge on any atom is -0.455 e. The lowest BCUT2D eigenvalue weighted by atomic mass is 9.97. The molecule has 0 saturated carbocycles. The average molecular weight is 699 g/mol. The fourth-order valence-corrected chi connectivity index (χ4v) is 8.53. The summed E-state index contributed by atoms with van der Waals surface area (Å²) in [5.74, 6) is 2.40. The normalized spacial score (nSPS) is 11.8. The summed E-state index contributed by atoms with van der Waals surface area (Å²) in [4.78, 5) is 20.2. The zero-order chi connectivity index (χ0) is 34.9. The number of hydrogen-bond donors (Lipinski definition) is 0. The molecule has 0 aliphatic heterocycles. The highest BCUT2D eigenvalue weighted by Crippen LogP contribution is 2.44. The van der Waals surface area contributed by atoms with E-state index in [9.17, 15) is 0 Å². The van der Waals surface area contributed by atoms with E-state index in [2.05, 4.69) is 72.8 Å². The molecule has 0 aliphatic rings. The monoisotopic (exact) mass is 698 g/mol. The van der Waals surface area contributed by atoms with Gasteiger partial charge in [-0.05, 0) is 35.9 Å². The molecule has 53 heavy (non-hydrogen) atoms. The minimum absolute atomic E-state index is 0.583. The van der Waals surface area contributed by atoms with E-state index < -0.39 is 0 Å². The summed E-state index contributed by atoms with van der Waals surface area (Å²) in [6, 6.07) is 53.3. The van der Waals surface area contributed by atoms with Gasteiger partial charge in [0.05, 0.1) is 5.39 Å². The molecule has 0 fully saturated rings. The first kappa shape index (κ1) is 29.7. The summed E-state index contributed by atoms with van der Waals surface area (Å²) < 4.78 is 15.7. The van der Waals surface area contributed by atoms with Gasteiger partial charge in [-0.2, -0.15) is 0 Å². The number of furan rings is 1. The van der Waals surface area contributed by atoms with Crippen LogP contribution in [0.1, 0.15) is 0 Å². The van der Waals surface area contributed by atoms with E-state index in [1.807, 2.05) is 84.9 Å². The van der Waals surface area contributed by atoms with Crippen LogP contribution >= 0.6 is 11.3 Å². The second kappa shape index (κ2) is 11.8. The van der Waals surface area contributed by atoms with Gasteiger partial charge in [-0.25, -0.2) is 19.9 Å². The molecule has 6 nitrogen and oxygen atoms in total. The summed E-state index contributed by atoms with van der Waals surface area (Å²) in [5, 5.41) is 4.25. The van der Waals surface area contributed by atoms with Crippen LogP contribution in [0.15, 0.2) is 167 Å². The van der Waals surface area contributed by atoms with Crippen molar-refractivity contribution in [1.29, 1.82) is 0 Å². The van der Waals surface area contributed by atoms with Crippen molar-refractivity contribution in [2.45, 2.75) is 0 Å². The van der Waals surface area contributed by atoms with Gasteiger partial charge in [-0.1, -0.05) is 127 Å². The number of rotatable bonds is 5. The van der Waals surface area contributed by atoms with Gasteiger partial charge < -0.3 is 8.83 Å². The lowest BCUT2D eigenvalue weighted by molar-refractivity contribution is 0.620. The molecule has 0 atom stereocenters. The van der Waals surface area contributed by atoms with Gasteiger partial charge in [-0.15, -0.1) is 11.3 Å². The molecule has 0 saturated heterocycles. The Morgan fingerprint density at radius 2 is 0.962 bits per heavy atom. The van der Waals surface area contributed by atoms with Crippen LogP contribution in [0.2, 0.25) is 0 Å². The van der Waals surface area contributed by atoms with Crippen molar-refractivity contribution in [3.05, 3.63) is 158 Å². The maximum Gasteiger partial charge on any atom is 0.228 e. The molecule has 0 bridgehead atoms. The second-order valence-electron chi connectivity index (χ2n) is 12.9. The fraction of sp³-hybridized carbons (Fsp3) is 0. The Hall–Kier alpha value is -6.96. The van der Waals surface area contributed by atoms with Gasteiger partial charge in [-0.3, -0.25) is 0 Å². The van der Waals surface area contributed by atoms with Crippen LogP contribution < -0.4 is 0 Å². The summed E-state index contributed by atoms with van der Waals surface area (Å²) in [6.07, 6.45) is 0. The van der Waals surface area contributed by atoms with E-state index in [0.717, 1.165) is 66.2 Å². The van der Waals surface area contributed by atoms with Gasteiger partial charge in [0.15, 0.2) is 23.1 Å². The van der Waals surface area contributed by atoms with Crippen molar-refractivity contribution >= 4 is 64.5 Å². The first-order valence-electron chi connectivity index (χ1n) is 17.4. The second-order valence-corrected chi connectivity index (χ2v) is 14.0. The molecule has 0 aliphatic carbocycles. The van der Waals surface area contributed by atoms with E-state index >= 15 is 0 Å². The van der Waals surface area contributed by atoms with Crippen molar-refractivity contribution in [3.8, 4) is 56.7 Å². The summed E-state index contributed by atoms with van der Waals surface area (Å²) >= 11 is 1.78. The third-order valence-corrected chi connectivity index (χ3v) is 10.9. The highest BCUT2D eigenvalue weighted by Gasteiger charge is 2.22. The van der Waals surface area contributed by atoms with Gasteiger partial charge in [0, 0.05) is 53.4 Å². The zero-order valence-corrected chi connectivity index (χ0v) is 28.8. The first-order chi connectivity index (χ1) is 26.3. The summed E-state index contributed by atoms with van der Waals surface area (Å²) in [7, 11) is 0. The van der Waals surface area contributed by atoms with E-state index in [4.69, 9.17) is 28.8 Å². The van der Waals surface area contributed by atoms with Gasteiger partial charge >= 0.3 is 0 Å². The van der Waals surface area contributed by atoms with Gasteiger partial charge in [0.2, 0.25) is 5.89 Å². The molecule has 4 heterocycles. The maximum atomic E-state index is 6.72. The van der Waals surface area contributed by atoms with Gasteiger partial charge in [0.1, 0.15) is 16.7 Å². The molecule has 11 rings (SSSR count). The minimum atomic E-state index is 0.583. The van der Waals surface area contributed by atoms with E-state index in [0.29, 0.717) is 28.9 Å². The van der Waals surface area contributed by atoms with Crippen LogP contribution in [0.3, 0.4) is 0 Å². The van der Waals surface area contributed by atoms with Crippen LogP contribution in [0.25, 0.3) is 110 Å². The predicted octanol–water partition coefficient (Wildman–Crippen LogP) is 12.6. The van der Waals surface area contributed by atoms with Gasteiger partial charge in [0.25, 0.3) is 0 Å². The first-order valence-corrected chi connectivity index (χ1v) is 18.2. The number of nitrogens with zero attached hydrogens (tertiary/aromatic N) is 4. The number of thiophene rings is 1. The largest absolute Gasteiger partial charge is 0.455 e. The number of oxazole rings is 1. The molecule has 0 N–H and O–H groups in total. The number of hydrogen-bond acceptors (Lipinski definition) is 7. The molecule has 11 aromatic rings. The number of aromatic nitrogens is 4. The third kappa shape index (κ3) is 4.79. The van der Waals surface area contributed by atoms with Crippen molar-refractivity contribution in [2.24, 2.45) is 0 Å². The zero-order valence-electron chi connectivity index (χ0n) is 28.0. The predicted molar refractivity (Wildman–Crippen MR) is 215 cm³/mol. The van der Waals surface area contributed by atoms with Crippen LogP contribution in [-0.4, -0.2) is 19.9 Å². The van der Waals surface area contributed by atoms with Crippen LogP contribution in [-0.2, 0) is 0 Å². The summed E-state index contributed by atoms with van der Waals surface area (Å²) in [6.45, 7) is 0. The quantitative estimate of drug-likeness (QED) is 0.178. The Kier molecular flexibility index (Phi) is 6.62. The standard InChI is InChI=1S/C46H26N4O2S/c1-3-13-27(14-4-1)43-48-44(28-15-5-2-6-16-28)50-45(49-43)31-18-8-7-17-29(31)30-20-11-21-33-40-35(51-42(30)33)25-26-36-41(40)47-46(52-36)34-22-12-24-38-39(34)32-19-9-10-23-37(32)53-38/h1-26H. The van der Waals surface area contributed by atoms with Crippen molar-refractivity contribution in [3.63, 3.8) is 0 Å². The summed E-state index contributed by atoms with van der Waals surface area (Å²) in [5.41, 5.74) is 8.58. The van der Waals surface area contributed by atoms with Crippen molar-refractivity contribution in [1.82, 2.24) is 19.9 Å². The smallest absolute Gasteiger partial charge is 0.228 e. The lowest BCUT2D eigenvalue weighted by Crippen LogP contribution is -2.01. The van der Waals surface area contributed by atoms with Crippen molar-refractivity contribution in [2.75, 3.05) is 0 Å². The third-order valence-electron chi connectivity index (χ3n) is 9.81. The Balaban J connectivity index is 1.10. The molecule has 7 heteroatoms. The fourth-order valence-electron chi connectivity index (χ4n) is 7.40. The molecular formula is C46H26N4O2S. The van der Waals surface area contributed by atoms with Crippen LogP contribution in [0.5, 0.6) is 0 Å². The van der Waals surface area contributed by atoms with E-state index in [1.54, 1.807) is 11.3 Å². The van der Waals surface area contributed by atoms with Crippen molar-refractivity contribution < 1.29 is 8.83 Å². The number of para-hydroxylation sites is 1. The molecule has 248 valence electrons. The Labute approximate surface area is 306 Å². The van der Waals surface area contributed by atoms with E-state index in [1.165, 1.54) is 14.8 Å². The van der Waals surface area contributed by atoms with E-state index in [-0.39, 0.29) is 0 Å². The highest BCUT2D eigenvalue weighted by molar-refractivity contribution is 7.25. The average Bonchev–Trinajstić information content (AvgIpc) is 3.95. The Morgan fingerprint density at radius 1 is 0.377 bits per heavy atom. The molecule has 0 radical (unpaired) electrons. The molecule has 0 spiro atoms. The Morgan fingerprint density at radius 3 is 1.75 bits per heavy atom. The number of benzene rings is 7. The SMILES string of the molecule is c1ccc(-c2nc(-c3ccccc3)nc(-c3ccccc3-c3cccc4c3oc3ccc5oc(-c6cccc7sc8ccccc8c67)nc5c34)n2)cc1. The lowest BCUT2D eigenvalue weighted by Gasteiger charge is -2.12. The number of fused-ring (bicyclic) bond motifs is 8. The molecule has 0 unspecified atom stereocenters. The molecule has 4 aromatic heterocycles. The maximum absolute atomic E-state index is 6.72. The molecular weight excluding hydrogens is 673 g/mol. The topological polar surface area (TPSA) is 77.8 Å². The van der Waals surface area contributed by atoms with Crippen LogP contribution in [0, 0.1) is 0 Å². The highest BCUT2D eigenvalue weighted by atomic mass is 32.1. The molecule has 0 amide bonds.